The van der Waals surface area contributed by atoms with Crippen molar-refractivity contribution in [1.29, 1.82) is 5.41 Å². The molecule has 0 amide bonds. The molecule has 1 aromatic heterocycles. The molecule has 0 bridgehead atoms. The molecule has 1 heterocycles. The SMILES string of the molecule is N=C(N)[N-]CCC[C@H](N)C(=O)c1nccs1. The summed E-state index contributed by atoms with van der Waals surface area (Å²) in [6, 6.07) is -0.548. The van der Waals surface area contributed by atoms with Crippen molar-refractivity contribution < 1.29 is 4.79 Å². The topological polar surface area (TPSA) is 120 Å². The summed E-state index contributed by atoms with van der Waals surface area (Å²) in [5, 5.41) is 12.8. The van der Waals surface area contributed by atoms with Gasteiger partial charge in [-0.3, -0.25) is 4.79 Å². The highest BCUT2D eigenvalue weighted by atomic mass is 32.1. The van der Waals surface area contributed by atoms with Gasteiger partial charge in [-0.25, -0.2) is 4.98 Å². The average molecular weight is 240 g/mol. The highest BCUT2D eigenvalue weighted by Crippen LogP contribution is 2.09. The van der Waals surface area contributed by atoms with Crippen LogP contribution in [0.15, 0.2) is 11.6 Å². The summed E-state index contributed by atoms with van der Waals surface area (Å²) in [6.07, 6.45) is 2.74. The van der Waals surface area contributed by atoms with Gasteiger partial charge in [0.25, 0.3) is 0 Å². The van der Waals surface area contributed by atoms with Gasteiger partial charge < -0.3 is 22.2 Å². The molecule has 1 atom stereocenters. The van der Waals surface area contributed by atoms with Gasteiger partial charge in [0.15, 0.2) is 5.01 Å². The number of nitrogens with two attached hydrogens (primary N) is 2. The smallest absolute Gasteiger partial charge is 0.207 e. The van der Waals surface area contributed by atoms with E-state index >= 15 is 0 Å². The Kier molecular flexibility index (Phi) is 4.87. The van der Waals surface area contributed by atoms with E-state index in [1.165, 1.54) is 11.3 Å². The number of Topliss-reactive ketones (excluding diaryl/α,β-unsaturated/α-hetero) is 1. The van der Waals surface area contributed by atoms with Crippen LogP contribution in [0.1, 0.15) is 22.6 Å². The predicted octanol–water partition coefficient (Wildman–Crippen LogP) is 0.700. The minimum absolute atomic E-state index is 0.141. The third-order valence-corrected chi connectivity index (χ3v) is 2.72. The van der Waals surface area contributed by atoms with Gasteiger partial charge in [0.2, 0.25) is 5.78 Å². The first kappa shape index (κ1) is 12.6. The Balaban J connectivity index is 2.27. The maximum Gasteiger partial charge on any atom is 0.207 e. The second kappa shape index (κ2) is 6.19. The minimum atomic E-state index is -0.548. The molecule has 0 aliphatic carbocycles. The monoisotopic (exact) mass is 240 g/mol. The molecule has 5 N–H and O–H groups in total. The first-order chi connectivity index (χ1) is 7.61. The highest BCUT2D eigenvalue weighted by Gasteiger charge is 2.16. The Morgan fingerprint density at radius 3 is 3.00 bits per heavy atom. The van der Waals surface area contributed by atoms with Gasteiger partial charge in [0.1, 0.15) is 0 Å². The molecular weight excluding hydrogens is 226 g/mol. The van der Waals surface area contributed by atoms with E-state index in [2.05, 4.69) is 10.3 Å². The molecule has 0 fully saturated rings. The molecule has 88 valence electrons. The van der Waals surface area contributed by atoms with Crippen molar-refractivity contribution in [2.75, 3.05) is 6.54 Å². The van der Waals surface area contributed by atoms with E-state index in [0.717, 1.165) is 0 Å². The number of hydrogen-bond donors (Lipinski definition) is 3. The largest absolute Gasteiger partial charge is 0.454 e. The van der Waals surface area contributed by atoms with Gasteiger partial charge in [-0.1, -0.05) is 0 Å². The molecule has 0 aliphatic rings. The Hall–Kier alpha value is -1.47. The number of nitrogens with zero attached hydrogens (tertiary/aromatic N) is 2. The van der Waals surface area contributed by atoms with Gasteiger partial charge >= 0.3 is 0 Å². The number of thiazole rings is 1. The summed E-state index contributed by atoms with van der Waals surface area (Å²) >= 11 is 1.29. The molecule has 1 rings (SSSR count). The summed E-state index contributed by atoms with van der Waals surface area (Å²) in [6.45, 7) is 0.425. The molecule has 16 heavy (non-hydrogen) atoms. The van der Waals surface area contributed by atoms with E-state index in [1.54, 1.807) is 11.6 Å². The van der Waals surface area contributed by atoms with E-state index < -0.39 is 6.04 Å². The first-order valence-electron chi connectivity index (χ1n) is 4.82. The lowest BCUT2D eigenvalue weighted by Crippen LogP contribution is -2.30. The average Bonchev–Trinajstić information content (AvgIpc) is 2.76. The van der Waals surface area contributed by atoms with Crippen LogP contribution in [0.5, 0.6) is 0 Å². The van der Waals surface area contributed by atoms with E-state index in [-0.39, 0.29) is 11.7 Å². The molecule has 0 radical (unpaired) electrons. The van der Waals surface area contributed by atoms with Crippen LogP contribution in [0.4, 0.5) is 0 Å². The Bertz CT molecular complexity index is 351. The number of hydrogen-bond acceptors (Lipinski definition) is 5. The van der Waals surface area contributed by atoms with Crippen molar-refractivity contribution in [3.63, 3.8) is 0 Å². The number of carbonyl (C=O) groups is 1. The summed E-state index contributed by atoms with van der Waals surface area (Å²) in [5.74, 6) is -0.336. The van der Waals surface area contributed by atoms with Crippen molar-refractivity contribution in [1.82, 2.24) is 4.98 Å². The standard InChI is InChI=1S/C9H14N5OS/c10-6(2-1-3-14-9(11)12)7(15)8-13-4-5-16-8/h4-6H,1-3,10H2,(H3-,11,12,14)/q-1/t6-/m0/s1. The van der Waals surface area contributed by atoms with Gasteiger partial charge in [-0.2, -0.15) is 0 Å². The van der Waals surface area contributed by atoms with Crippen LogP contribution in [0, 0.1) is 5.41 Å². The van der Waals surface area contributed by atoms with E-state index in [0.29, 0.717) is 24.4 Å². The summed E-state index contributed by atoms with van der Waals surface area (Å²) in [5.41, 5.74) is 10.8. The van der Waals surface area contributed by atoms with E-state index in [1.807, 2.05) is 0 Å². The molecule has 0 saturated carbocycles. The fourth-order valence-electron chi connectivity index (χ4n) is 1.15. The third-order valence-electron chi connectivity index (χ3n) is 1.94. The number of ketones is 1. The quantitative estimate of drug-likeness (QED) is 0.293. The summed E-state index contributed by atoms with van der Waals surface area (Å²) < 4.78 is 0. The van der Waals surface area contributed by atoms with Crippen molar-refractivity contribution in [2.45, 2.75) is 18.9 Å². The van der Waals surface area contributed by atoms with Crippen LogP contribution in [0.25, 0.3) is 5.32 Å². The lowest BCUT2D eigenvalue weighted by Gasteiger charge is -2.11. The number of guanidine groups is 1. The Morgan fingerprint density at radius 2 is 2.44 bits per heavy atom. The number of carbonyl (C=O) groups excluding carboxylic acids is 1. The Morgan fingerprint density at radius 1 is 1.69 bits per heavy atom. The molecule has 0 unspecified atom stereocenters. The van der Waals surface area contributed by atoms with Crippen LogP contribution in [-0.4, -0.2) is 29.3 Å². The van der Waals surface area contributed by atoms with Crippen molar-refractivity contribution in [3.05, 3.63) is 21.9 Å². The number of rotatable bonds is 6. The second-order valence-electron chi connectivity index (χ2n) is 3.22. The second-order valence-corrected chi connectivity index (χ2v) is 4.11. The molecule has 6 nitrogen and oxygen atoms in total. The molecule has 0 aromatic carbocycles. The van der Waals surface area contributed by atoms with Crippen LogP contribution >= 0.6 is 11.3 Å². The lowest BCUT2D eigenvalue weighted by molar-refractivity contribution is 0.0956. The third kappa shape index (κ3) is 3.95. The minimum Gasteiger partial charge on any atom is -0.454 e. The van der Waals surface area contributed by atoms with Crippen LogP contribution in [0.2, 0.25) is 0 Å². The van der Waals surface area contributed by atoms with Crippen molar-refractivity contribution in [3.8, 4) is 0 Å². The molecule has 0 saturated heterocycles. The van der Waals surface area contributed by atoms with Crippen LogP contribution < -0.4 is 11.5 Å². The van der Waals surface area contributed by atoms with Crippen molar-refractivity contribution in [2.24, 2.45) is 11.5 Å². The number of aromatic nitrogens is 1. The fourth-order valence-corrected chi connectivity index (χ4v) is 1.79. The van der Waals surface area contributed by atoms with Gasteiger partial charge in [-0.05, 0) is 25.3 Å². The van der Waals surface area contributed by atoms with E-state index in [4.69, 9.17) is 16.9 Å². The summed E-state index contributed by atoms with van der Waals surface area (Å²) in [7, 11) is 0. The zero-order valence-corrected chi connectivity index (χ0v) is 9.54. The summed E-state index contributed by atoms with van der Waals surface area (Å²) in [4.78, 5) is 15.6. The Labute approximate surface area is 97.6 Å². The van der Waals surface area contributed by atoms with E-state index in [9.17, 15) is 4.79 Å². The maximum absolute atomic E-state index is 11.7. The van der Waals surface area contributed by atoms with Gasteiger partial charge in [-0.15, -0.1) is 11.3 Å². The highest BCUT2D eigenvalue weighted by molar-refractivity contribution is 7.11. The predicted molar refractivity (Wildman–Crippen MR) is 63.8 cm³/mol. The maximum atomic E-state index is 11.7. The van der Waals surface area contributed by atoms with Crippen LogP contribution in [0.3, 0.4) is 0 Å². The zero-order chi connectivity index (χ0) is 12.0. The zero-order valence-electron chi connectivity index (χ0n) is 8.72. The normalized spacial score (nSPS) is 12.1. The van der Waals surface area contributed by atoms with Crippen molar-refractivity contribution >= 4 is 23.1 Å². The van der Waals surface area contributed by atoms with Gasteiger partial charge in [0.05, 0.1) is 6.04 Å². The van der Waals surface area contributed by atoms with Gasteiger partial charge in [0, 0.05) is 11.6 Å². The molecule has 7 heteroatoms. The fraction of sp³-hybridized carbons (Fsp3) is 0.444. The van der Waals surface area contributed by atoms with Crippen LogP contribution in [-0.2, 0) is 0 Å². The lowest BCUT2D eigenvalue weighted by atomic mass is 10.1. The molecule has 0 aliphatic heterocycles. The number of nitrogens with one attached hydrogen (secondary N) is 1. The molecular formula is C9H14N5OS-. The molecule has 0 spiro atoms. The molecule has 1 aromatic rings. The first-order valence-corrected chi connectivity index (χ1v) is 5.70.